The number of carbonyl (C=O) groups is 1. The molecular weight excluding hydrogens is 284 g/mol. The number of hydrogen-bond donors (Lipinski definition) is 1. The summed E-state index contributed by atoms with van der Waals surface area (Å²) in [6.07, 6.45) is 2.61. The van der Waals surface area contributed by atoms with E-state index in [2.05, 4.69) is 9.97 Å². The molecule has 0 atom stereocenters. The Morgan fingerprint density at radius 1 is 1.14 bits per heavy atom. The van der Waals surface area contributed by atoms with Gasteiger partial charge in [-0.25, -0.2) is 9.97 Å². The molecule has 1 aromatic heterocycles. The Morgan fingerprint density at radius 3 is 2.19 bits per heavy atom. The monoisotopic (exact) mass is 302 g/mol. The molecule has 5 heteroatoms. The van der Waals surface area contributed by atoms with Crippen LogP contribution in [0.4, 0.5) is 0 Å². The lowest BCUT2D eigenvalue weighted by Gasteiger charge is -2.10. The first-order chi connectivity index (χ1) is 10.0. The van der Waals surface area contributed by atoms with Gasteiger partial charge >= 0.3 is 5.97 Å². The van der Waals surface area contributed by atoms with Crippen molar-refractivity contribution in [2.45, 2.75) is 31.6 Å². The summed E-state index contributed by atoms with van der Waals surface area (Å²) in [5, 5.41) is 8.80. The highest BCUT2D eigenvalue weighted by molar-refractivity contribution is 7.98. The molecule has 0 aliphatic carbocycles. The van der Waals surface area contributed by atoms with Crippen molar-refractivity contribution in [1.82, 2.24) is 9.97 Å². The lowest BCUT2D eigenvalue weighted by Crippen LogP contribution is -2.05. The van der Waals surface area contributed by atoms with Crippen LogP contribution in [0, 0.1) is 13.8 Å². The summed E-state index contributed by atoms with van der Waals surface area (Å²) in [6, 6.07) is 8.12. The number of nitrogens with zero attached hydrogens (tertiary/aromatic N) is 2. The van der Waals surface area contributed by atoms with Gasteiger partial charge in [-0.15, -0.1) is 11.8 Å². The normalized spacial score (nSPS) is 10.6. The van der Waals surface area contributed by atoms with Gasteiger partial charge < -0.3 is 5.11 Å². The second kappa shape index (κ2) is 6.72. The van der Waals surface area contributed by atoms with E-state index in [9.17, 15) is 4.79 Å². The van der Waals surface area contributed by atoms with Crippen LogP contribution >= 0.6 is 11.8 Å². The molecule has 0 saturated carbocycles. The van der Waals surface area contributed by atoms with Gasteiger partial charge in [0.2, 0.25) is 0 Å². The molecule has 110 valence electrons. The maximum absolute atomic E-state index is 10.7. The minimum atomic E-state index is -0.800. The Bertz CT molecular complexity index is 631. The third-order valence-electron chi connectivity index (χ3n) is 3.36. The van der Waals surface area contributed by atoms with Crippen molar-refractivity contribution in [3.05, 3.63) is 41.2 Å². The molecular formula is C16H18N2O2S. The van der Waals surface area contributed by atoms with Crippen molar-refractivity contribution in [2.75, 3.05) is 6.26 Å². The Balaban J connectivity index is 2.31. The van der Waals surface area contributed by atoms with Gasteiger partial charge in [0.1, 0.15) is 0 Å². The Kier molecular flexibility index (Phi) is 4.96. The van der Waals surface area contributed by atoms with Gasteiger partial charge in [-0.05, 0) is 44.2 Å². The number of aryl methyl sites for hydroxylation is 2. The van der Waals surface area contributed by atoms with Gasteiger partial charge in [-0.2, -0.15) is 0 Å². The molecule has 21 heavy (non-hydrogen) atoms. The highest BCUT2D eigenvalue weighted by atomic mass is 32.2. The number of carboxylic acid groups (broad SMARTS) is 1. The van der Waals surface area contributed by atoms with Gasteiger partial charge in [0.05, 0.1) is 0 Å². The molecule has 4 nitrogen and oxygen atoms in total. The van der Waals surface area contributed by atoms with Crippen LogP contribution in [0.3, 0.4) is 0 Å². The van der Waals surface area contributed by atoms with Gasteiger partial charge in [0.25, 0.3) is 0 Å². The molecule has 1 N–H and O–H groups in total. The number of rotatable bonds is 5. The number of hydrogen-bond acceptors (Lipinski definition) is 4. The van der Waals surface area contributed by atoms with E-state index in [0.717, 1.165) is 22.5 Å². The summed E-state index contributed by atoms with van der Waals surface area (Å²) in [7, 11) is 0. The molecule has 0 amide bonds. The van der Waals surface area contributed by atoms with E-state index in [-0.39, 0.29) is 6.42 Å². The molecule has 0 bridgehead atoms. The van der Waals surface area contributed by atoms with Crippen molar-refractivity contribution in [3.63, 3.8) is 0 Å². The van der Waals surface area contributed by atoms with E-state index in [1.807, 2.05) is 44.4 Å². The molecule has 0 aliphatic heterocycles. The molecule has 1 aromatic carbocycles. The Morgan fingerprint density at radius 2 is 1.71 bits per heavy atom. The van der Waals surface area contributed by atoms with E-state index in [4.69, 9.17) is 5.11 Å². The van der Waals surface area contributed by atoms with E-state index in [1.165, 1.54) is 4.90 Å². The standard InChI is InChI=1S/C16H18N2O2S/c1-10-14(8-9-15(19)20)11(2)18-16(17-10)12-4-6-13(21-3)7-5-12/h4-7H,8-9H2,1-3H3,(H,19,20). The zero-order valence-corrected chi connectivity index (χ0v) is 13.2. The molecule has 0 unspecified atom stereocenters. The zero-order chi connectivity index (χ0) is 15.4. The third kappa shape index (κ3) is 3.82. The summed E-state index contributed by atoms with van der Waals surface area (Å²) in [5.41, 5.74) is 3.62. The summed E-state index contributed by atoms with van der Waals surface area (Å²) in [5.74, 6) is -0.109. The quantitative estimate of drug-likeness (QED) is 0.856. The summed E-state index contributed by atoms with van der Waals surface area (Å²) >= 11 is 1.69. The minimum absolute atomic E-state index is 0.104. The fourth-order valence-corrected chi connectivity index (χ4v) is 2.61. The predicted molar refractivity (Wildman–Crippen MR) is 84.7 cm³/mol. The molecule has 0 fully saturated rings. The average Bonchev–Trinajstić information content (AvgIpc) is 2.46. The Hall–Kier alpha value is -1.88. The van der Waals surface area contributed by atoms with Gasteiger partial charge in [0, 0.05) is 28.3 Å². The fraction of sp³-hybridized carbons (Fsp3) is 0.312. The van der Waals surface area contributed by atoms with Gasteiger partial charge in [0.15, 0.2) is 5.82 Å². The van der Waals surface area contributed by atoms with Crippen molar-refractivity contribution >= 4 is 17.7 Å². The van der Waals surface area contributed by atoms with Crippen LogP contribution in [0.1, 0.15) is 23.4 Å². The van der Waals surface area contributed by atoms with Crippen molar-refractivity contribution in [2.24, 2.45) is 0 Å². The van der Waals surface area contributed by atoms with Crippen molar-refractivity contribution in [3.8, 4) is 11.4 Å². The largest absolute Gasteiger partial charge is 0.481 e. The Labute approximate surface area is 128 Å². The molecule has 0 saturated heterocycles. The lowest BCUT2D eigenvalue weighted by atomic mass is 10.1. The molecule has 1 heterocycles. The first kappa shape index (κ1) is 15.5. The topological polar surface area (TPSA) is 63.1 Å². The number of aromatic nitrogens is 2. The van der Waals surface area contributed by atoms with Crippen LogP contribution in [0.5, 0.6) is 0 Å². The van der Waals surface area contributed by atoms with Crippen LogP contribution in [0.15, 0.2) is 29.2 Å². The van der Waals surface area contributed by atoms with Crippen molar-refractivity contribution in [1.29, 1.82) is 0 Å². The lowest BCUT2D eigenvalue weighted by molar-refractivity contribution is -0.136. The molecule has 0 radical (unpaired) electrons. The highest BCUT2D eigenvalue weighted by Gasteiger charge is 2.11. The number of thioether (sulfide) groups is 1. The van der Waals surface area contributed by atoms with Gasteiger partial charge in [-0.3, -0.25) is 4.79 Å². The number of aliphatic carboxylic acids is 1. The van der Waals surface area contributed by atoms with Crippen LogP contribution in [-0.2, 0) is 11.2 Å². The molecule has 2 rings (SSSR count). The van der Waals surface area contributed by atoms with E-state index < -0.39 is 5.97 Å². The van der Waals surface area contributed by atoms with Crippen LogP contribution in [0.2, 0.25) is 0 Å². The summed E-state index contributed by atoms with van der Waals surface area (Å²) in [4.78, 5) is 21.0. The molecule has 0 aliphatic rings. The maximum Gasteiger partial charge on any atom is 0.303 e. The molecule has 2 aromatic rings. The predicted octanol–water partition coefficient (Wildman–Crippen LogP) is 3.50. The summed E-state index contributed by atoms with van der Waals surface area (Å²) < 4.78 is 0. The minimum Gasteiger partial charge on any atom is -0.481 e. The van der Waals surface area contributed by atoms with E-state index in [1.54, 1.807) is 11.8 Å². The fourth-order valence-electron chi connectivity index (χ4n) is 2.20. The van der Waals surface area contributed by atoms with Crippen molar-refractivity contribution < 1.29 is 9.90 Å². The van der Waals surface area contributed by atoms with Crippen LogP contribution in [-0.4, -0.2) is 27.3 Å². The average molecular weight is 302 g/mol. The smallest absolute Gasteiger partial charge is 0.303 e. The second-order valence-corrected chi connectivity index (χ2v) is 5.70. The van der Waals surface area contributed by atoms with Crippen LogP contribution < -0.4 is 0 Å². The van der Waals surface area contributed by atoms with E-state index >= 15 is 0 Å². The zero-order valence-electron chi connectivity index (χ0n) is 12.4. The highest BCUT2D eigenvalue weighted by Crippen LogP contribution is 2.22. The van der Waals surface area contributed by atoms with Crippen LogP contribution in [0.25, 0.3) is 11.4 Å². The molecule has 0 spiro atoms. The van der Waals surface area contributed by atoms with E-state index in [0.29, 0.717) is 12.2 Å². The first-order valence-electron chi connectivity index (χ1n) is 6.71. The summed E-state index contributed by atoms with van der Waals surface area (Å²) in [6.45, 7) is 3.82. The first-order valence-corrected chi connectivity index (χ1v) is 7.94. The van der Waals surface area contributed by atoms with Gasteiger partial charge in [-0.1, -0.05) is 12.1 Å². The second-order valence-electron chi connectivity index (χ2n) is 4.82. The SMILES string of the molecule is CSc1ccc(-c2nc(C)c(CCC(=O)O)c(C)n2)cc1. The third-order valence-corrected chi connectivity index (χ3v) is 4.10. The number of benzene rings is 1. The maximum atomic E-state index is 10.7. The number of carboxylic acids is 1.